The van der Waals surface area contributed by atoms with Crippen LogP contribution in [0.1, 0.15) is 28.8 Å². The molecular formula is C25H23NOS. The highest BCUT2D eigenvalue weighted by Gasteiger charge is 2.21. The zero-order valence-electron chi connectivity index (χ0n) is 16.3. The molecule has 2 heterocycles. The lowest BCUT2D eigenvalue weighted by molar-refractivity contribution is 0.415. The van der Waals surface area contributed by atoms with Gasteiger partial charge in [-0.15, -0.1) is 11.3 Å². The van der Waals surface area contributed by atoms with Crippen molar-refractivity contribution in [3.63, 3.8) is 0 Å². The summed E-state index contributed by atoms with van der Waals surface area (Å²) in [7, 11) is 1.70. The van der Waals surface area contributed by atoms with Crippen LogP contribution >= 0.6 is 11.3 Å². The molecule has 2 aromatic carbocycles. The minimum Gasteiger partial charge on any atom is -0.497 e. The SMILES string of the molecule is COc1ccc(-c2cc(-c3cccc(C)c3)c3c4c(sc3n2)CCCC4)cc1. The topological polar surface area (TPSA) is 22.1 Å². The molecule has 1 aliphatic rings. The lowest BCUT2D eigenvalue weighted by atomic mass is 9.91. The van der Waals surface area contributed by atoms with E-state index in [0.29, 0.717) is 0 Å². The highest BCUT2D eigenvalue weighted by molar-refractivity contribution is 7.19. The van der Waals surface area contributed by atoms with Crippen molar-refractivity contribution in [2.45, 2.75) is 32.6 Å². The molecule has 4 aromatic rings. The number of ether oxygens (including phenoxy) is 1. The molecule has 0 atom stereocenters. The third-order valence-electron chi connectivity index (χ3n) is 5.64. The van der Waals surface area contributed by atoms with Gasteiger partial charge in [-0.2, -0.15) is 0 Å². The Morgan fingerprint density at radius 1 is 0.929 bits per heavy atom. The number of thiophene rings is 1. The number of hydrogen-bond acceptors (Lipinski definition) is 3. The van der Waals surface area contributed by atoms with E-state index in [1.54, 1.807) is 7.11 Å². The summed E-state index contributed by atoms with van der Waals surface area (Å²) in [6.45, 7) is 2.16. The molecule has 1 aliphatic carbocycles. The Labute approximate surface area is 169 Å². The van der Waals surface area contributed by atoms with Gasteiger partial charge >= 0.3 is 0 Å². The number of fused-ring (bicyclic) bond motifs is 3. The summed E-state index contributed by atoms with van der Waals surface area (Å²) in [5.74, 6) is 0.871. The van der Waals surface area contributed by atoms with Crippen LogP contribution in [0.2, 0.25) is 0 Å². The van der Waals surface area contributed by atoms with E-state index in [1.807, 2.05) is 23.5 Å². The molecule has 28 heavy (non-hydrogen) atoms. The molecule has 0 radical (unpaired) electrons. The highest BCUT2D eigenvalue weighted by atomic mass is 32.1. The molecule has 140 valence electrons. The van der Waals surface area contributed by atoms with Gasteiger partial charge in [-0.05, 0) is 79.6 Å². The molecule has 2 nitrogen and oxygen atoms in total. The van der Waals surface area contributed by atoms with Crippen molar-refractivity contribution in [2.75, 3.05) is 7.11 Å². The van der Waals surface area contributed by atoms with Crippen molar-refractivity contribution in [1.82, 2.24) is 4.98 Å². The van der Waals surface area contributed by atoms with E-state index in [4.69, 9.17) is 9.72 Å². The molecule has 0 saturated heterocycles. The normalized spacial score (nSPS) is 13.5. The number of nitrogens with zero attached hydrogens (tertiary/aromatic N) is 1. The first-order valence-corrected chi connectivity index (χ1v) is 10.7. The van der Waals surface area contributed by atoms with Crippen LogP contribution in [0.3, 0.4) is 0 Å². The smallest absolute Gasteiger partial charge is 0.125 e. The Balaban J connectivity index is 1.77. The van der Waals surface area contributed by atoms with Crippen molar-refractivity contribution in [2.24, 2.45) is 0 Å². The van der Waals surface area contributed by atoms with Gasteiger partial charge in [-0.25, -0.2) is 4.98 Å². The number of hydrogen-bond donors (Lipinski definition) is 0. The molecule has 2 aromatic heterocycles. The van der Waals surface area contributed by atoms with Gasteiger partial charge in [0.2, 0.25) is 0 Å². The van der Waals surface area contributed by atoms with E-state index in [-0.39, 0.29) is 0 Å². The molecule has 0 amide bonds. The second kappa shape index (κ2) is 7.06. The molecule has 0 aliphatic heterocycles. The molecule has 0 spiro atoms. The molecule has 0 bridgehead atoms. The summed E-state index contributed by atoms with van der Waals surface area (Å²) in [5.41, 5.74) is 7.59. The summed E-state index contributed by atoms with van der Waals surface area (Å²) in [6.07, 6.45) is 4.95. The third kappa shape index (κ3) is 3.00. The Hall–Kier alpha value is -2.65. The van der Waals surface area contributed by atoms with Gasteiger partial charge in [0.25, 0.3) is 0 Å². The Morgan fingerprint density at radius 2 is 1.75 bits per heavy atom. The van der Waals surface area contributed by atoms with Crippen LogP contribution in [-0.4, -0.2) is 12.1 Å². The number of aromatic nitrogens is 1. The van der Waals surface area contributed by atoms with Crippen LogP contribution in [0.15, 0.2) is 54.6 Å². The molecule has 3 heteroatoms. The summed E-state index contributed by atoms with van der Waals surface area (Å²) < 4.78 is 5.32. The molecule has 0 fully saturated rings. The predicted molar refractivity (Wildman–Crippen MR) is 118 cm³/mol. The van der Waals surface area contributed by atoms with Crippen LogP contribution in [0.5, 0.6) is 5.75 Å². The van der Waals surface area contributed by atoms with Crippen LogP contribution < -0.4 is 4.74 Å². The Morgan fingerprint density at radius 3 is 2.54 bits per heavy atom. The average Bonchev–Trinajstić information content (AvgIpc) is 3.11. The Kier molecular flexibility index (Phi) is 4.40. The number of pyridine rings is 1. The largest absolute Gasteiger partial charge is 0.497 e. The zero-order chi connectivity index (χ0) is 19.1. The minimum atomic E-state index is 0.871. The van der Waals surface area contributed by atoms with E-state index in [9.17, 15) is 0 Å². The summed E-state index contributed by atoms with van der Waals surface area (Å²) in [4.78, 5) is 7.81. The Bertz CT molecular complexity index is 1160. The molecule has 0 saturated carbocycles. The molecule has 0 unspecified atom stereocenters. The van der Waals surface area contributed by atoms with Crippen LogP contribution in [-0.2, 0) is 12.8 Å². The van der Waals surface area contributed by atoms with Crippen LogP contribution in [0.25, 0.3) is 32.6 Å². The summed E-state index contributed by atoms with van der Waals surface area (Å²) >= 11 is 1.89. The highest BCUT2D eigenvalue weighted by Crippen LogP contribution is 2.42. The minimum absolute atomic E-state index is 0.871. The van der Waals surface area contributed by atoms with Crippen molar-refractivity contribution >= 4 is 21.6 Å². The standard InChI is InChI=1S/C25H23NOS/c1-16-6-5-7-18(14-16)21-15-22(17-10-12-19(27-2)13-11-17)26-25-24(21)20-8-3-4-9-23(20)28-25/h5-7,10-15H,3-4,8-9H2,1-2H3. The van der Waals surface area contributed by atoms with Crippen molar-refractivity contribution in [1.29, 1.82) is 0 Å². The van der Waals surface area contributed by atoms with E-state index in [0.717, 1.165) is 17.0 Å². The number of aryl methyl sites for hydroxylation is 3. The fourth-order valence-corrected chi connectivity index (χ4v) is 5.49. The van der Waals surface area contributed by atoms with E-state index in [2.05, 4.69) is 49.4 Å². The average molecular weight is 386 g/mol. The number of benzene rings is 2. The summed E-state index contributed by atoms with van der Waals surface area (Å²) in [6, 6.07) is 19.3. The third-order valence-corrected chi connectivity index (χ3v) is 6.83. The second-order valence-corrected chi connectivity index (χ2v) is 8.63. The molecule has 0 N–H and O–H groups in total. The number of rotatable bonds is 3. The van der Waals surface area contributed by atoms with Gasteiger partial charge in [0.15, 0.2) is 0 Å². The second-order valence-electron chi connectivity index (χ2n) is 7.54. The van der Waals surface area contributed by atoms with Gasteiger partial charge < -0.3 is 4.74 Å². The van der Waals surface area contributed by atoms with Crippen molar-refractivity contribution in [3.05, 3.63) is 70.6 Å². The number of methoxy groups -OCH3 is 1. The maximum absolute atomic E-state index is 5.32. The monoisotopic (exact) mass is 385 g/mol. The van der Waals surface area contributed by atoms with Crippen molar-refractivity contribution < 1.29 is 4.74 Å². The zero-order valence-corrected chi connectivity index (χ0v) is 17.1. The maximum Gasteiger partial charge on any atom is 0.125 e. The van der Waals surface area contributed by atoms with E-state index in [1.165, 1.54) is 63.0 Å². The van der Waals surface area contributed by atoms with Gasteiger partial charge in [0.05, 0.1) is 12.8 Å². The van der Waals surface area contributed by atoms with E-state index < -0.39 is 0 Å². The predicted octanol–water partition coefficient (Wildman–Crippen LogP) is 6.83. The van der Waals surface area contributed by atoms with Crippen LogP contribution in [0, 0.1) is 6.92 Å². The molecule has 5 rings (SSSR count). The van der Waals surface area contributed by atoms with Gasteiger partial charge in [0.1, 0.15) is 10.6 Å². The first kappa shape index (κ1) is 17.4. The van der Waals surface area contributed by atoms with E-state index >= 15 is 0 Å². The van der Waals surface area contributed by atoms with Gasteiger partial charge in [0, 0.05) is 15.8 Å². The first-order valence-electron chi connectivity index (χ1n) is 9.90. The van der Waals surface area contributed by atoms with Gasteiger partial charge in [-0.3, -0.25) is 0 Å². The van der Waals surface area contributed by atoms with Crippen molar-refractivity contribution in [3.8, 4) is 28.1 Å². The lowest BCUT2D eigenvalue weighted by Gasteiger charge is -2.14. The first-order chi connectivity index (χ1) is 13.7. The quantitative estimate of drug-likeness (QED) is 0.386. The van der Waals surface area contributed by atoms with Crippen LogP contribution in [0.4, 0.5) is 0 Å². The fourth-order valence-electron chi connectivity index (χ4n) is 4.21. The maximum atomic E-state index is 5.32. The fraction of sp³-hybridized carbons (Fsp3) is 0.240. The van der Waals surface area contributed by atoms with Gasteiger partial charge in [-0.1, -0.05) is 29.8 Å². The lowest BCUT2D eigenvalue weighted by Crippen LogP contribution is -1.99. The summed E-state index contributed by atoms with van der Waals surface area (Å²) in [5, 5.41) is 1.38. The molecular weight excluding hydrogens is 362 g/mol.